The first-order chi connectivity index (χ1) is 8.02. The Kier molecular flexibility index (Phi) is 1.84. The molecule has 0 fully saturated rings. The molecule has 0 aliphatic carbocycles. The highest BCUT2D eigenvalue weighted by molar-refractivity contribution is 5.72. The molecule has 88 valence electrons. The lowest BCUT2D eigenvalue weighted by atomic mass is 10.2. The number of para-hydroxylation sites is 2. The van der Waals surface area contributed by atoms with Crippen molar-refractivity contribution in [2.45, 2.75) is 19.3 Å². The van der Waals surface area contributed by atoms with Gasteiger partial charge in [0.05, 0.1) is 11.0 Å². The molecular weight excluding hydrogens is 224 g/mol. The van der Waals surface area contributed by atoms with Crippen molar-refractivity contribution in [3.8, 4) is 0 Å². The molecule has 0 unspecified atom stereocenters. The molecule has 1 aromatic heterocycles. The van der Waals surface area contributed by atoms with Crippen molar-refractivity contribution in [1.82, 2.24) is 4.73 Å². The zero-order valence-electron chi connectivity index (χ0n) is 9.08. The number of hydrogen-bond acceptors (Lipinski definition) is 4. The highest BCUT2D eigenvalue weighted by atomic mass is 16.6. The highest BCUT2D eigenvalue weighted by Crippen LogP contribution is 2.32. The third kappa shape index (κ3) is 1.22. The molecule has 1 atom stereocenters. The van der Waals surface area contributed by atoms with Crippen molar-refractivity contribution < 1.29 is 14.3 Å². The summed E-state index contributed by atoms with van der Waals surface area (Å²) in [6.45, 7) is 1.28. The van der Waals surface area contributed by atoms with E-state index < -0.39 is 5.79 Å². The SMILES string of the molecule is C[C@@]1(O)OCc2c1[n+](=O)c1ccccc1n2[O-]. The van der Waals surface area contributed by atoms with E-state index in [-0.39, 0.29) is 29.0 Å². The van der Waals surface area contributed by atoms with Gasteiger partial charge in [-0.25, -0.2) is 0 Å². The Bertz CT molecular complexity index is 675. The van der Waals surface area contributed by atoms with Crippen molar-refractivity contribution in [2.24, 2.45) is 0 Å². The second-order valence-electron chi connectivity index (χ2n) is 4.14. The largest absolute Gasteiger partial charge is 0.805 e. The molecule has 1 aliphatic rings. The van der Waals surface area contributed by atoms with Crippen LogP contribution in [0.5, 0.6) is 0 Å². The predicted octanol–water partition coefficient (Wildman–Crippen LogP) is 0.597. The van der Waals surface area contributed by atoms with Crippen LogP contribution in [0.4, 0.5) is 0 Å². The van der Waals surface area contributed by atoms with Crippen LogP contribution in [0.1, 0.15) is 18.3 Å². The molecule has 1 aliphatic heterocycles. The summed E-state index contributed by atoms with van der Waals surface area (Å²) < 4.78 is 6.26. The number of nitrogens with zero attached hydrogens (tertiary/aromatic N) is 2. The smallest absolute Gasteiger partial charge is 0.320 e. The van der Waals surface area contributed by atoms with E-state index in [0.717, 1.165) is 0 Å². The van der Waals surface area contributed by atoms with E-state index in [1.165, 1.54) is 13.0 Å². The Balaban J connectivity index is 2.54. The molecule has 0 saturated heterocycles. The van der Waals surface area contributed by atoms with Gasteiger partial charge in [0.15, 0.2) is 0 Å². The average molecular weight is 234 g/mol. The first-order valence-corrected chi connectivity index (χ1v) is 5.16. The van der Waals surface area contributed by atoms with Crippen LogP contribution < -0.4 is 4.43 Å². The Labute approximate surface area is 95.9 Å². The number of aromatic nitrogens is 2. The fourth-order valence-corrected chi connectivity index (χ4v) is 2.15. The van der Waals surface area contributed by atoms with Crippen molar-refractivity contribution in [3.05, 3.63) is 45.8 Å². The first kappa shape index (κ1) is 10.2. The fourth-order valence-electron chi connectivity index (χ4n) is 2.15. The Morgan fingerprint density at radius 3 is 3.00 bits per heavy atom. The van der Waals surface area contributed by atoms with Gasteiger partial charge in [0.2, 0.25) is 0 Å². The molecule has 6 nitrogen and oxygen atoms in total. The van der Waals surface area contributed by atoms with E-state index in [2.05, 4.69) is 0 Å². The molecule has 2 heterocycles. The Morgan fingerprint density at radius 1 is 1.53 bits per heavy atom. The molecule has 17 heavy (non-hydrogen) atoms. The van der Waals surface area contributed by atoms with Crippen molar-refractivity contribution in [3.63, 3.8) is 0 Å². The summed E-state index contributed by atoms with van der Waals surface area (Å²) in [5, 5.41) is 21.9. The number of ether oxygens (including phenoxy) is 1. The molecule has 3 rings (SSSR count). The predicted molar refractivity (Wildman–Crippen MR) is 58.4 cm³/mol. The Morgan fingerprint density at radius 2 is 2.24 bits per heavy atom. The number of hydrogen-bond donors (Lipinski definition) is 1. The van der Waals surface area contributed by atoms with Crippen LogP contribution in [0.2, 0.25) is 0 Å². The molecule has 0 radical (unpaired) electrons. The molecule has 0 bridgehead atoms. The van der Waals surface area contributed by atoms with Crippen LogP contribution in [0, 0.1) is 10.1 Å². The van der Waals surface area contributed by atoms with Crippen molar-refractivity contribution in [2.75, 3.05) is 0 Å². The molecule has 2 aromatic rings. The molecule has 1 N–H and O–H groups in total. The third-order valence-corrected chi connectivity index (χ3v) is 2.97. The number of aliphatic hydroxyl groups is 1. The standard InChI is InChI=1S/C11H10N2O4/c1-11(14)10-9(6-17-11)12(15)7-4-2-3-5-8(7)13(10)16/h2-5,14H,6H2,1H3/t11-/m1/s1. The van der Waals surface area contributed by atoms with Crippen LogP contribution in [0.15, 0.2) is 24.3 Å². The summed E-state index contributed by atoms with van der Waals surface area (Å²) in [5.74, 6) is -1.72. The minimum Gasteiger partial charge on any atom is -0.805 e. The maximum atomic E-state index is 12.1. The monoisotopic (exact) mass is 234 g/mol. The van der Waals surface area contributed by atoms with E-state index in [4.69, 9.17) is 4.74 Å². The van der Waals surface area contributed by atoms with Crippen LogP contribution in [0.25, 0.3) is 11.0 Å². The molecule has 0 saturated carbocycles. The fraction of sp³-hybridized carbons (Fsp3) is 0.273. The maximum absolute atomic E-state index is 12.1. The lowest BCUT2D eigenvalue weighted by Crippen LogP contribution is -2.35. The summed E-state index contributed by atoms with van der Waals surface area (Å²) in [7, 11) is 0. The van der Waals surface area contributed by atoms with Gasteiger partial charge < -0.3 is 19.8 Å². The lowest BCUT2D eigenvalue weighted by Gasteiger charge is -2.15. The third-order valence-electron chi connectivity index (χ3n) is 2.97. The molecule has 6 heteroatoms. The van der Waals surface area contributed by atoms with Crippen LogP contribution in [0.3, 0.4) is 0 Å². The zero-order valence-corrected chi connectivity index (χ0v) is 9.08. The average Bonchev–Trinajstić information content (AvgIpc) is 2.63. The molecule has 1 aromatic carbocycles. The van der Waals surface area contributed by atoms with E-state index in [1.807, 2.05) is 0 Å². The second-order valence-corrected chi connectivity index (χ2v) is 4.14. The summed E-state index contributed by atoms with van der Waals surface area (Å²) in [6, 6.07) is 6.43. The van der Waals surface area contributed by atoms with Gasteiger partial charge in [-0.15, -0.1) is 0 Å². The van der Waals surface area contributed by atoms with E-state index in [0.29, 0.717) is 9.16 Å². The number of rotatable bonds is 0. The normalized spacial score (nSPS) is 22.9. The van der Waals surface area contributed by atoms with E-state index >= 15 is 0 Å². The molecular formula is C11H10N2O4. The van der Waals surface area contributed by atoms with Crippen LogP contribution in [-0.4, -0.2) is 9.84 Å². The summed E-state index contributed by atoms with van der Waals surface area (Å²) in [5.41, 5.74) is 0.601. The first-order valence-electron chi connectivity index (χ1n) is 5.16. The second kappa shape index (κ2) is 3.06. The number of fused-ring (bicyclic) bond motifs is 2. The minimum atomic E-state index is -1.72. The molecule has 0 spiro atoms. The van der Waals surface area contributed by atoms with Crippen LogP contribution in [-0.2, 0) is 17.1 Å². The summed E-state index contributed by atoms with van der Waals surface area (Å²) in [6.07, 6.45) is 0. The Hall–Kier alpha value is -1.92. The van der Waals surface area contributed by atoms with Gasteiger partial charge in [-0.05, 0) is 6.07 Å². The van der Waals surface area contributed by atoms with Gasteiger partial charge in [0.1, 0.15) is 11.2 Å². The van der Waals surface area contributed by atoms with Crippen LogP contribution >= 0.6 is 0 Å². The zero-order chi connectivity index (χ0) is 12.2. The minimum absolute atomic E-state index is 0.0359. The van der Waals surface area contributed by atoms with Gasteiger partial charge in [-0.2, -0.15) is 0 Å². The van der Waals surface area contributed by atoms with Crippen molar-refractivity contribution in [1.29, 1.82) is 0 Å². The lowest BCUT2D eigenvalue weighted by molar-refractivity contribution is -0.496. The van der Waals surface area contributed by atoms with Gasteiger partial charge in [0, 0.05) is 17.9 Å². The highest BCUT2D eigenvalue weighted by Gasteiger charge is 2.45. The van der Waals surface area contributed by atoms with Gasteiger partial charge >= 0.3 is 5.69 Å². The quantitative estimate of drug-likeness (QED) is 0.677. The van der Waals surface area contributed by atoms with E-state index in [9.17, 15) is 15.2 Å². The maximum Gasteiger partial charge on any atom is 0.320 e. The topological polar surface area (TPSA) is 80.4 Å². The summed E-state index contributed by atoms with van der Waals surface area (Å²) >= 11 is 0. The summed E-state index contributed by atoms with van der Waals surface area (Å²) in [4.78, 5) is 12.1. The van der Waals surface area contributed by atoms with Gasteiger partial charge in [-0.3, -0.25) is 0 Å². The van der Waals surface area contributed by atoms with E-state index in [1.54, 1.807) is 18.2 Å². The molecule has 0 amide bonds. The van der Waals surface area contributed by atoms with Crippen molar-refractivity contribution >= 4 is 11.0 Å². The van der Waals surface area contributed by atoms with Gasteiger partial charge in [0.25, 0.3) is 11.3 Å². The number of benzene rings is 1. The van der Waals surface area contributed by atoms with Gasteiger partial charge in [-0.1, -0.05) is 12.1 Å².